The first kappa shape index (κ1) is 19.3. The number of rotatable bonds is 6. The van der Waals surface area contributed by atoms with Gasteiger partial charge in [0, 0.05) is 22.6 Å². The average Bonchev–Trinajstić information content (AvgIpc) is 2.80. The minimum Gasteiger partial charge on any atom is -0.311 e. The molecule has 0 heterocycles. The molecule has 0 N–H and O–H groups in total. The Labute approximate surface area is 176 Å². The molecule has 0 amide bonds. The number of nitrogens with zero attached hydrogens (tertiary/aromatic N) is 3. The lowest BCUT2D eigenvalue weighted by Crippen LogP contribution is -2.09. The van der Waals surface area contributed by atoms with Crippen molar-refractivity contribution < 1.29 is 4.79 Å². The maximum absolute atomic E-state index is 11.4. The van der Waals surface area contributed by atoms with E-state index in [4.69, 9.17) is 0 Å². The summed E-state index contributed by atoms with van der Waals surface area (Å²) >= 11 is 0. The Balaban J connectivity index is 1.58. The first-order valence-electron chi connectivity index (χ1n) is 9.74. The number of azo groups is 1. The number of Topliss-reactive ketones (excluding diaryl/α,β-unsaturated/α-hetero) is 1. The van der Waals surface area contributed by atoms with Crippen molar-refractivity contribution in [2.75, 3.05) is 4.90 Å². The Morgan fingerprint density at radius 1 is 0.567 bits per heavy atom. The van der Waals surface area contributed by atoms with Gasteiger partial charge < -0.3 is 4.90 Å². The minimum atomic E-state index is 0.0375. The maximum atomic E-state index is 11.4. The number of hydrogen-bond acceptors (Lipinski definition) is 4. The number of anilines is 3. The Hall–Kier alpha value is -4.05. The molecule has 0 radical (unpaired) electrons. The summed E-state index contributed by atoms with van der Waals surface area (Å²) in [5.74, 6) is 0.0375. The van der Waals surface area contributed by atoms with Gasteiger partial charge >= 0.3 is 0 Å². The highest BCUT2D eigenvalue weighted by molar-refractivity contribution is 5.94. The molecular formula is C26H21N3O. The molecule has 0 aromatic heterocycles. The highest BCUT2D eigenvalue weighted by atomic mass is 16.1. The summed E-state index contributed by atoms with van der Waals surface area (Å²) in [6.07, 6.45) is 0. The predicted molar refractivity (Wildman–Crippen MR) is 122 cm³/mol. The lowest BCUT2D eigenvalue weighted by Gasteiger charge is -2.25. The average molecular weight is 391 g/mol. The van der Waals surface area contributed by atoms with Gasteiger partial charge in [-0.2, -0.15) is 10.2 Å². The van der Waals surface area contributed by atoms with Gasteiger partial charge in [0.1, 0.15) is 0 Å². The zero-order valence-corrected chi connectivity index (χ0v) is 16.6. The number of carbonyl (C=O) groups is 1. The van der Waals surface area contributed by atoms with Gasteiger partial charge in [0.05, 0.1) is 11.4 Å². The third kappa shape index (κ3) is 4.50. The Bertz CT molecular complexity index is 1100. The van der Waals surface area contributed by atoms with E-state index in [0.717, 1.165) is 22.7 Å². The van der Waals surface area contributed by atoms with Crippen LogP contribution in [0.2, 0.25) is 0 Å². The van der Waals surface area contributed by atoms with Crippen LogP contribution in [0, 0.1) is 0 Å². The van der Waals surface area contributed by atoms with E-state index in [-0.39, 0.29) is 5.78 Å². The van der Waals surface area contributed by atoms with Crippen LogP contribution in [0.1, 0.15) is 17.3 Å². The van der Waals surface area contributed by atoms with Crippen molar-refractivity contribution >= 4 is 34.2 Å². The topological polar surface area (TPSA) is 45.0 Å². The SMILES string of the molecule is CC(=O)c1ccc(N=Nc2ccc(N(c3ccccc3)c3ccccc3)cc2)cc1. The van der Waals surface area contributed by atoms with Crippen molar-refractivity contribution in [2.24, 2.45) is 10.2 Å². The fourth-order valence-electron chi connectivity index (χ4n) is 3.15. The maximum Gasteiger partial charge on any atom is 0.159 e. The fraction of sp³-hybridized carbons (Fsp3) is 0.0385. The van der Waals surface area contributed by atoms with Crippen LogP contribution in [0.4, 0.5) is 28.4 Å². The molecule has 0 atom stereocenters. The van der Waals surface area contributed by atoms with E-state index in [1.54, 1.807) is 31.2 Å². The van der Waals surface area contributed by atoms with E-state index in [0.29, 0.717) is 11.3 Å². The van der Waals surface area contributed by atoms with E-state index in [1.165, 1.54) is 0 Å². The molecule has 30 heavy (non-hydrogen) atoms. The molecule has 0 aliphatic heterocycles. The van der Waals surface area contributed by atoms with Gasteiger partial charge in [-0.3, -0.25) is 4.79 Å². The Morgan fingerprint density at radius 3 is 1.40 bits per heavy atom. The van der Waals surface area contributed by atoms with E-state index in [1.807, 2.05) is 60.7 Å². The third-order valence-electron chi connectivity index (χ3n) is 4.69. The molecule has 0 spiro atoms. The molecule has 0 saturated heterocycles. The molecule has 0 bridgehead atoms. The summed E-state index contributed by atoms with van der Waals surface area (Å²) in [4.78, 5) is 13.6. The highest BCUT2D eigenvalue weighted by Crippen LogP contribution is 2.35. The van der Waals surface area contributed by atoms with Crippen LogP contribution < -0.4 is 4.90 Å². The molecule has 0 fully saturated rings. The van der Waals surface area contributed by atoms with Gasteiger partial charge in [-0.15, -0.1) is 0 Å². The summed E-state index contributed by atoms with van der Waals surface area (Å²) in [7, 11) is 0. The van der Waals surface area contributed by atoms with Gasteiger partial charge in [0.2, 0.25) is 0 Å². The van der Waals surface area contributed by atoms with Gasteiger partial charge in [0.25, 0.3) is 0 Å². The zero-order valence-electron chi connectivity index (χ0n) is 16.6. The second kappa shape index (κ2) is 8.97. The fourth-order valence-corrected chi connectivity index (χ4v) is 3.15. The normalized spacial score (nSPS) is 10.8. The number of carbonyl (C=O) groups excluding carboxylic acids is 1. The summed E-state index contributed by atoms with van der Waals surface area (Å²) in [6, 6.07) is 35.6. The molecule has 4 aromatic rings. The van der Waals surface area contributed by atoms with Crippen LogP contribution in [0.15, 0.2) is 119 Å². The standard InChI is InChI=1S/C26H21N3O/c1-20(30)21-12-14-22(15-13-21)27-28-23-16-18-26(19-17-23)29(24-8-4-2-5-9-24)25-10-6-3-7-11-25/h2-19H,1H3. The molecule has 4 aromatic carbocycles. The second-order valence-electron chi connectivity index (χ2n) is 6.83. The van der Waals surface area contributed by atoms with Crippen molar-refractivity contribution in [2.45, 2.75) is 6.92 Å². The van der Waals surface area contributed by atoms with Gasteiger partial charge in [0.15, 0.2) is 5.78 Å². The summed E-state index contributed by atoms with van der Waals surface area (Å²) < 4.78 is 0. The molecule has 4 rings (SSSR count). The first-order valence-corrected chi connectivity index (χ1v) is 9.74. The van der Waals surface area contributed by atoms with E-state index in [9.17, 15) is 4.79 Å². The van der Waals surface area contributed by atoms with Crippen molar-refractivity contribution in [1.29, 1.82) is 0 Å². The largest absolute Gasteiger partial charge is 0.311 e. The molecule has 146 valence electrons. The van der Waals surface area contributed by atoms with Gasteiger partial charge in [-0.05, 0) is 79.7 Å². The highest BCUT2D eigenvalue weighted by Gasteiger charge is 2.11. The number of para-hydroxylation sites is 2. The smallest absolute Gasteiger partial charge is 0.159 e. The molecule has 0 unspecified atom stereocenters. The van der Waals surface area contributed by atoms with Crippen LogP contribution in [0.5, 0.6) is 0 Å². The Kier molecular flexibility index (Phi) is 5.76. The predicted octanol–water partition coefficient (Wildman–Crippen LogP) is 7.77. The molecule has 0 aliphatic rings. The van der Waals surface area contributed by atoms with Crippen LogP contribution >= 0.6 is 0 Å². The van der Waals surface area contributed by atoms with Crippen molar-refractivity contribution in [3.05, 3.63) is 115 Å². The molecular weight excluding hydrogens is 370 g/mol. The number of hydrogen-bond donors (Lipinski definition) is 0. The molecule has 4 heteroatoms. The quantitative estimate of drug-likeness (QED) is 0.249. The van der Waals surface area contributed by atoms with Crippen LogP contribution in [0.25, 0.3) is 0 Å². The van der Waals surface area contributed by atoms with E-state index in [2.05, 4.69) is 39.4 Å². The summed E-state index contributed by atoms with van der Waals surface area (Å²) in [5, 5.41) is 8.59. The monoisotopic (exact) mass is 391 g/mol. The minimum absolute atomic E-state index is 0.0375. The van der Waals surface area contributed by atoms with Crippen LogP contribution in [0.3, 0.4) is 0 Å². The first-order chi connectivity index (χ1) is 14.7. The summed E-state index contributed by atoms with van der Waals surface area (Å²) in [5.41, 5.74) is 5.35. The van der Waals surface area contributed by atoms with Crippen molar-refractivity contribution in [3.8, 4) is 0 Å². The second-order valence-corrected chi connectivity index (χ2v) is 6.83. The third-order valence-corrected chi connectivity index (χ3v) is 4.69. The van der Waals surface area contributed by atoms with Gasteiger partial charge in [-0.1, -0.05) is 36.4 Å². The Morgan fingerprint density at radius 2 is 0.967 bits per heavy atom. The van der Waals surface area contributed by atoms with Crippen molar-refractivity contribution in [3.63, 3.8) is 0 Å². The summed E-state index contributed by atoms with van der Waals surface area (Å²) in [6.45, 7) is 1.55. The molecule has 0 aliphatic carbocycles. The van der Waals surface area contributed by atoms with Crippen LogP contribution in [-0.2, 0) is 0 Å². The van der Waals surface area contributed by atoms with Gasteiger partial charge in [-0.25, -0.2) is 0 Å². The molecule has 4 nitrogen and oxygen atoms in total. The lowest BCUT2D eigenvalue weighted by atomic mass is 10.1. The lowest BCUT2D eigenvalue weighted by molar-refractivity contribution is 0.101. The number of benzene rings is 4. The number of ketones is 1. The van der Waals surface area contributed by atoms with Crippen molar-refractivity contribution in [1.82, 2.24) is 0 Å². The van der Waals surface area contributed by atoms with E-state index < -0.39 is 0 Å². The zero-order chi connectivity index (χ0) is 20.8. The van der Waals surface area contributed by atoms with E-state index >= 15 is 0 Å². The van der Waals surface area contributed by atoms with Crippen LogP contribution in [-0.4, -0.2) is 5.78 Å². The molecule has 0 saturated carbocycles.